The van der Waals surface area contributed by atoms with Gasteiger partial charge in [-0.1, -0.05) is 18.2 Å². The maximum absolute atomic E-state index is 12.7. The molecule has 1 N–H and O–H groups in total. The first-order valence-corrected chi connectivity index (χ1v) is 8.97. The minimum atomic E-state index is -1.00. The Kier molecular flexibility index (Phi) is 5.05. The molecule has 140 valence electrons. The van der Waals surface area contributed by atoms with Crippen LogP contribution in [-0.4, -0.2) is 51.0 Å². The van der Waals surface area contributed by atoms with E-state index < -0.39 is 5.60 Å². The van der Waals surface area contributed by atoms with E-state index in [0.29, 0.717) is 25.9 Å². The number of β-amino-alcohol motifs (C(OH)–C–C–N with tert-alkyl or cyclic N) is 1. The zero-order valence-electron chi connectivity index (χ0n) is 16.0. The van der Waals surface area contributed by atoms with Gasteiger partial charge < -0.3 is 14.7 Å². The summed E-state index contributed by atoms with van der Waals surface area (Å²) in [6, 6.07) is 7.73. The van der Waals surface area contributed by atoms with Crippen LogP contribution in [0.2, 0.25) is 0 Å². The fourth-order valence-corrected chi connectivity index (χ4v) is 3.45. The molecule has 3 rings (SSSR count). The molecule has 1 atom stereocenters. The van der Waals surface area contributed by atoms with Crippen LogP contribution >= 0.6 is 0 Å². The van der Waals surface area contributed by atoms with Crippen LogP contribution in [0.1, 0.15) is 28.9 Å². The fraction of sp³-hybridized carbons (Fsp3) is 0.500. The van der Waals surface area contributed by atoms with E-state index in [1.165, 1.54) is 0 Å². The van der Waals surface area contributed by atoms with Crippen molar-refractivity contribution >= 4 is 5.91 Å². The third kappa shape index (κ3) is 3.75. The Balaban J connectivity index is 1.60. The largest absolute Gasteiger partial charge is 0.490 e. The van der Waals surface area contributed by atoms with E-state index in [1.54, 1.807) is 9.58 Å². The number of ether oxygens (including phenoxy) is 1. The molecule has 1 aliphatic heterocycles. The van der Waals surface area contributed by atoms with Crippen LogP contribution in [-0.2, 0) is 18.3 Å². The molecule has 0 aliphatic carbocycles. The van der Waals surface area contributed by atoms with Gasteiger partial charge in [-0.15, -0.1) is 0 Å². The van der Waals surface area contributed by atoms with Crippen molar-refractivity contribution in [2.45, 2.75) is 39.2 Å². The Morgan fingerprint density at radius 1 is 1.31 bits per heavy atom. The van der Waals surface area contributed by atoms with Crippen LogP contribution in [0.4, 0.5) is 0 Å². The predicted molar refractivity (Wildman–Crippen MR) is 99.2 cm³/mol. The van der Waals surface area contributed by atoms with Gasteiger partial charge in [0.15, 0.2) is 0 Å². The molecule has 0 bridgehead atoms. The van der Waals surface area contributed by atoms with Gasteiger partial charge in [-0.3, -0.25) is 9.48 Å². The molecule has 0 unspecified atom stereocenters. The molecule has 0 radical (unpaired) electrons. The second kappa shape index (κ2) is 7.11. The Hall–Kier alpha value is -2.34. The number of likely N-dealkylation sites (tertiary alicyclic amines) is 1. The number of rotatable bonds is 5. The summed E-state index contributed by atoms with van der Waals surface area (Å²) in [5.74, 6) is 0.795. The van der Waals surface area contributed by atoms with E-state index in [0.717, 1.165) is 28.3 Å². The van der Waals surface area contributed by atoms with E-state index in [4.69, 9.17) is 4.74 Å². The second-order valence-electron chi connectivity index (χ2n) is 7.29. The molecular weight excluding hydrogens is 330 g/mol. The number of aromatic nitrogens is 2. The second-order valence-corrected chi connectivity index (χ2v) is 7.29. The van der Waals surface area contributed by atoms with E-state index in [-0.39, 0.29) is 12.5 Å². The third-order valence-corrected chi connectivity index (χ3v) is 5.26. The van der Waals surface area contributed by atoms with Gasteiger partial charge in [-0.2, -0.15) is 5.10 Å². The topological polar surface area (TPSA) is 67.6 Å². The van der Waals surface area contributed by atoms with E-state index in [9.17, 15) is 9.90 Å². The first-order chi connectivity index (χ1) is 12.3. The maximum atomic E-state index is 12.7. The van der Waals surface area contributed by atoms with Gasteiger partial charge in [-0.25, -0.2) is 0 Å². The lowest BCUT2D eigenvalue weighted by Gasteiger charge is -2.24. The lowest BCUT2D eigenvalue weighted by Crippen LogP contribution is -2.41. The zero-order chi connectivity index (χ0) is 18.9. The fourth-order valence-electron chi connectivity index (χ4n) is 3.45. The van der Waals surface area contributed by atoms with Gasteiger partial charge in [-0.05, 0) is 38.8 Å². The first kappa shape index (κ1) is 18.5. The average Bonchev–Trinajstić information content (AvgIpc) is 3.10. The molecule has 1 aromatic carbocycles. The van der Waals surface area contributed by atoms with Crippen molar-refractivity contribution in [1.82, 2.24) is 14.7 Å². The first-order valence-electron chi connectivity index (χ1n) is 8.97. The highest BCUT2D eigenvalue weighted by Crippen LogP contribution is 2.25. The van der Waals surface area contributed by atoms with Crippen molar-refractivity contribution in [1.29, 1.82) is 0 Å². The van der Waals surface area contributed by atoms with Gasteiger partial charge >= 0.3 is 0 Å². The van der Waals surface area contributed by atoms with Crippen LogP contribution in [0.25, 0.3) is 0 Å². The van der Waals surface area contributed by atoms with E-state index in [1.807, 2.05) is 52.1 Å². The molecular formula is C20H27N3O3. The molecule has 1 saturated heterocycles. The van der Waals surface area contributed by atoms with Gasteiger partial charge in [0.25, 0.3) is 0 Å². The Labute approximate surface area is 154 Å². The third-order valence-electron chi connectivity index (χ3n) is 5.26. The highest BCUT2D eigenvalue weighted by atomic mass is 16.5. The number of hydrogen-bond donors (Lipinski definition) is 1. The minimum Gasteiger partial charge on any atom is -0.490 e. The van der Waals surface area contributed by atoms with Gasteiger partial charge in [0.1, 0.15) is 18.0 Å². The number of carbonyl (C=O) groups excluding carboxylic acids is 1. The van der Waals surface area contributed by atoms with Crippen LogP contribution in [0, 0.1) is 20.8 Å². The van der Waals surface area contributed by atoms with Crippen molar-refractivity contribution in [3.05, 3.63) is 46.8 Å². The van der Waals surface area contributed by atoms with Crippen LogP contribution in [0.5, 0.6) is 5.75 Å². The van der Waals surface area contributed by atoms with Crippen molar-refractivity contribution in [2.24, 2.45) is 7.05 Å². The SMILES string of the molecule is Cc1ccccc1OC[C@]1(O)CCN(C(=O)Cc2c(C)nn(C)c2C)C1. The normalized spacial score (nSPS) is 19.8. The molecule has 6 nitrogen and oxygen atoms in total. The van der Waals surface area contributed by atoms with Gasteiger partial charge in [0.2, 0.25) is 5.91 Å². The number of hydrogen-bond acceptors (Lipinski definition) is 4. The lowest BCUT2D eigenvalue weighted by atomic mass is 10.1. The minimum absolute atomic E-state index is 0.0241. The van der Waals surface area contributed by atoms with Gasteiger partial charge in [0.05, 0.1) is 18.7 Å². The number of benzene rings is 1. The summed E-state index contributed by atoms with van der Waals surface area (Å²) >= 11 is 0. The van der Waals surface area contributed by atoms with E-state index in [2.05, 4.69) is 5.10 Å². The average molecular weight is 357 g/mol. The maximum Gasteiger partial charge on any atom is 0.227 e. The summed E-state index contributed by atoms with van der Waals surface area (Å²) in [5, 5.41) is 15.2. The Bertz CT molecular complexity index is 815. The van der Waals surface area contributed by atoms with Crippen LogP contribution in [0.3, 0.4) is 0 Å². The molecule has 1 fully saturated rings. The molecule has 0 spiro atoms. The summed E-state index contributed by atoms with van der Waals surface area (Å²) in [6.45, 7) is 6.90. The van der Waals surface area contributed by atoms with Crippen molar-refractivity contribution < 1.29 is 14.6 Å². The number of para-hydroxylation sites is 1. The standard InChI is InChI=1S/C20H27N3O3/c1-14-7-5-6-8-18(14)26-13-20(25)9-10-23(12-20)19(24)11-17-15(2)21-22(4)16(17)3/h5-8,25H,9-13H2,1-4H3/t20-/m0/s1. The highest BCUT2D eigenvalue weighted by molar-refractivity contribution is 5.79. The van der Waals surface area contributed by atoms with Crippen LogP contribution < -0.4 is 4.74 Å². The quantitative estimate of drug-likeness (QED) is 0.888. The lowest BCUT2D eigenvalue weighted by molar-refractivity contribution is -0.130. The highest BCUT2D eigenvalue weighted by Gasteiger charge is 2.39. The number of aliphatic hydroxyl groups is 1. The summed E-state index contributed by atoms with van der Waals surface area (Å²) in [7, 11) is 1.88. The molecule has 6 heteroatoms. The monoisotopic (exact) mass is 357 g/mol. The van der Waals surface area contributed by atoms with Gasteiger partial charge in [0, 0.05) is 24.8 Å². The number of nitrogens with zero attached hydrogens (tertiary/aromatic N) is 3. The van der Waals surface area contributed by atoms with Crippen molar-refractivity contribution in [3.8, 4) is 5.75 Å². The molecule has 1 amide bonds. The summed E-state index contributed by atoms with van der Waals surface area (Å²) in [5.41, 5.74) is 2.90. The Morgan fingerprint density at radius 2 is 2.04 bits per heavy atom. The predicted octanol–water partition coefficient (Wildman–Crippen LogP) is 1.93. The smallest absolute Gasteiger partial charge is 0.227 e. The number of aryl methyl sites for hydroxylation is 3. The molecule has 2 aromatic rings. The molecule has 1 aliphatic rings. The summed E-state index contributed by atoms with van der Waals surface area (Å²) in [4.78, 5) is 14.4. The molecule has 1 aromatic heterocycles. The van der Waals surface area contributed by atoms with E-state index >= 15 is 0 Å². The number of amides is 1. The molecule has 26 heavy (non-hydrogen) atoms. The number of carbonyl (C=O) groups is 1. The van der Waals surface area contributed by atoms with Crippen LogP contribution in [0.15, 0.2) is 24.3 Å². The summed E-state index contributed by atoms with van der Waals surface area (Å²) in [6.07, 6.45) is 0.843. The van der Waals surface area contributed by atoms with Crippen molar-refractivity contribution in [2.75, 3.05) is 19.7 Å². The summed E-state index contributed by atoms with van der Waals surface area (Å²) < 4.78 is 7.61. The molecule has 2 heterocycles. The molecule has 0 saturated carbocycles. The van der Waals surface area contributed by atoms with Crippen molar-refractivity contribution in [3.63, 3.8) is 0 Å². The Morgan fingerprint density at radius 3 is 2.69 bits per heavy atom. The zero-order valence-corrected chi connectivity index (χ0v) is 16.0.